The van der Waals surface area contributed by atoms with Crippen LogP contribution in [0.25, 0.3) is 0 Å². The average Bonchev–Trinajstić information content (AvgIpc) is 2.59. The summed E-state index contributed by atoms with van der Waals surface area (Å²) in [4.78, 5) is 12.2. The van der Waals surface area contributed by atoms with Crippen molar-refractivity contribution < 1.29 is 9.90 Å². The van der Waals surface area contributed by atoms with E-state index < -0.39 is 6.10 Å². The van der Waals surface area contributed by atoms with Gasteiger partial charge in [-0.3, -0.25) is 0 Å². The molecule has 2 aromatic rings. The molecule has 4 nitrogen and oxygen atoms in total. The van der Waals surface area contributed by atoms with Crippen molar-refractivity contribution in [3.63, 3.8) is 0 Å². The lowest BCUT2D eigenvalue weighted by Crippen LogP contribution is -2.33. The monoisotopic (exact) mass is 346 g/mol. The van der Waals surface area contributed by atoms with Crippen LogP contribution in [0.5, 0.6) is 0 Å². The number of para-hydroxylation sites is 1. The molecular formula is C19H23ClN2O2. The van der Waals surface area contributed by atoms with Crippen molar-refractivity contribution in [3.05, 3.63) is 64.2 Å². The van der Waals surface area contributed by atoms with Crippen molar-refractivity contribution in [2.75, 3.05) is 11.9 Å². The number of hydrogen-bond donors (Lipinski definition) is 3. The summed E-state index contributed by atoms with van der Waals surface area (Å²) in [5.74, 6) is 0. The van der Waals surface area contributed by atoms with Gasteiger partial charge in [0.15, 0.2) is 0 Å². The van der Waals surface area contributed by atoms with Crippen molar-refractivity contribution in [1.29, 1.82) is 0 Å². The molecule has 0 aliphatic rings. The Bertz CT molecular complexity index is 681. The molecule has 5 heteroatoms. The van der Waals surface area contributed by atoms with E-state index >= 15 is 0 Å². The first-order chi connectivity index (χ1) is 11.5. The molecule has 2 amide bonds. The molecule has 0 unspecified atom stereocenters. The number of amides is 2. The minimum atomic E-state index is -0.804. The SMILES string of the molecule is CCc1cccc(CC)c1NC(=O)NC[C@H](O)c1cccc(Cl)c1. The van der Waals surface area contributed by atoms with Gasteiger partial charge in [-0.25, -0.2) is 4.79 Å². The first-order valence-electron chi connectivity index (χ1n) is 8.14. The number of anilines is 1. The minimum absolute atomic E-state index is 0.113. The Hall–Kier alpha value is -2.04. The Morgan fingerprint density at radius 3 is 2.33 bits per heavy atom. The zero-order valence-electron chi connectivity index (χ0n) is 14.0. The second-order valence-electron chi connectivity index (χ2n) is 5.56. The van der Waals surface area contributed by atoms with Gasteiger partial charge in [0.05, 0.1) is 6.10 Å². The molecule has 0 saturated heterocycles. The summed E-state index contributed by atoms with van der Waals surface area (Å²) in [7, 11) is 0. The van der Waals surface area contributed by atoms with Crippen LogP contribution in [0.15, 0.2) is 42.5 Å². The molecular weight excluding hydrogens is 324 g/mol. The first kappa shape index (κ1) is 18.3. The molecule has 2 rings (SSSR count). The lowest BCUT2D eigenvalue weighted by atomic mass is 10.0. The van der Waals surface area contributed by atoms with Crippen molar-refractivity contribution in [1.82, 2.24) is 5.32 Å². The topological polar surface area (TPSA) is 61.4 Å². The van der Waals surface area contributed by atoms with Crippen LogP contribution in [0.4, 0.5) is 10.5 Å². The van der Waals surface area contributed by atoms with Gasteiger partial charge in [-0.15, -0.1) is 0 Å². The predicted octanol–water partition coefficient (Wildman–Crippen LogP) is 4.32. The Morgan fingerprint density at radius 1 is 1.12 bits per heavy atom. The maximum Gasteiger partial charge on any atom is 0.319 e. The average molecular weight is 347 g/mol. The van der Waals surface area contributed by atoms with Crippen LogP contribution in [-0.2, 0) is 12.8 Å². The highest BCUT2D eigenvalue weighted by Gasteiger charge is 2.12. The largest absolute Gasteiger partial charge is 0.387 e. The number of urea groups is 1. The van der Waals surface area contributed by atoms with Crippen molar-refractivity contribution in [3.8, 4) is 0 Å². The standard InChI is InChI=1S/C19H23ClN2O2/c1-3-13-7-5-8-14(4-2)18(13)22-19(24)21-12-17(23)15-9-6-10-16(20)11-15/h5-11,17,23H,3-4,12H2,1-2H3,(H2,21,22,24)/t17-/m0/s1. The second-order valence-corrected chi connectivity index (χ2v) is 6.00. The first-order valence-corrected chi connectivity index (χ1v) is 8.52. The molecule has 24 heavy (non-hydrogen) atoms. The molecule has 0 bridgehead atoms. The summed E-state index contributed by atoms with van der Waals surface area (Å²) in [5.41, 5.74) is 3.73. The third-order valence-electron chi connectivity index (χ3n) is 3.93. The highest BCUT2D eigenvalue weighted by Crippen LogP contribution is 2.22. The number of benzene rings is 2. The van der Waals surface area contributed by atoms with E-state index in [2.05, 4.69) is 24.5 Å². The van der Waals surface area contributed by atoms with Crippen LogP contribution < -0.4 is 10.6 Å². The van der Waals surface area contributed by atoms with E-state index in [1.807, 2.05) is 18.2 Å². The van der Waals surface area contributed by atoms with Gasteiger partial charge in [-0.05, 0) is 41.7 Å². The minimum Gasteiger partial charge on any atom is -0.387 e. The molecule has 0 aliphatic carbocycles. The van der Waals surface area contributed by atoms with Gasteiger partial charge >= 0.3 is 6.03 Å². The van der Waals surface area contributed by atoms with E-state index in [1.165, 1.54) is 0 Å². The summed E-state index contributed by atoms with van der Waals surface area (Å²) in [6.07, 6.45) is 0.880. The van der Waals surface area contributed by atoms with Gasteiger partial charge < -0.3 is 15.7 Å². The molecule has 0 radical (unpaired) electrons. The van der Waals surface area contributed by atoms with E-state index in [0.29, 0.717) is 10.6 Å². The zero-order chi connectivity index (χ0) is 17.5. The van der Waals surface area contributed by atoms with E-state index in [-0.39, 0.29) is 12.6 Å². The van der Waals surface area contributed by atoms with Crippen LogP contribution in [0, 0.1) is 0 Å². The van der Waals surface area contributed by atoms with Gasteiger partial charge in [0.1, 0.15) is 0 Å². The van der Waals surface area contributed by atoms with E-state index in [1.54, 1.807) is 24.3 Å². The fourth-order valence-electron chi connectivity index (χ4n) is 2.58. The third kappa shape index (κ3) is 4.73. The number of carbonyl (C=O) groups is 1. The highest BCUT2D eigenvalue weighted by molar-refractivity contribution is 6.30. The fourth-order valence-corrected chi connectivity index (χ4v) is 2.78. The summed E-state index contributed by atoms with van der Waals surface area (Å²) < 4.78 is 0. The summed E-state index contributed by atoms with van der Waals surface area (Å²) in [5, 5.41) is 16.3. The number of aliphatic hydroxyl groups excluding tert-OH is 1. The van der Waals surface area contributed by atoms with Gasteiger partial charge in [-0.2, -0.15) is 0 Å². The molecule has 128 valence electrons. The fraction of sp³-hybridized carbons (Fsp3) is 0.316. The number of halogens is 1. The second kappa shape index (κ2) is 8.71. The number of aryl methyl sites for hydroxylation is 2. The number of aliphatic hydroxyl groups is 1. The predicted molar refractivity (Wildman–Crippen MR) is 98.6 cm³/mol. The number of rotatable bonds is 6. The van der Waals surface area contributed by atoms with Crippen LogP contribution in [0.2, 0.25) is 5.02 Å². The molecule has 0 spiro atoms. The van der Waals surface area contributed by atoms with Crippen LogP contribution in [0.3, 0.4) is 0 Å². The highest BCUT2D eigenvalue weighted by atomic mass is 35.5. The Labute approximate surface area is 147 Å². The van der Waals surface area contributed by atoms with Gasteiger partial charge in [0, 0.05) is 17.3 Å². The Kier molecular flexibility index (Phi) is 6.64. The molecule has 3 N–H and O–H groups in total. The summed E-state index contributed by atoms with van der Waals surface area (Å²) >= 11 is 5.91. The summed E-state index contributed by atoms with van der Waals surface area (Å²) in [6.45, 7) is 4.23. The van der Waals surface area contributed by atoms with E-state index in [9.17, 15) is 9.90 Å². The van der Waals surface area contributed by atoms with Crippen LogP contribution in [0.1, 0.15) is 36.6 Å². The van der Waals surface area contributed by atoms with Crippen molar-refractivity contribution >= 4 is 23.3 Å². The normalized spacial score (nSPS) is 11.8. The molecule has 0 saturated carbocycles. The smallest absolute Gasteiger partial charge is 0.319 e. The van der Waals surface area contributed by atoms with Gasteiger partial charge in [-0.1, -0.05) is 55.8 Å². The molecule has 1 atom stereocenters. The zero-order valence-corrected chi connectivity index (χ0v) is 14.7. The number of hydrogen-bond acceptors (Lipinski definition) is 2. The van der Waals surface area contributed by atoms with Crippen molar-refractivity contribution in [2.24, 2.45) is 0 Å². The van der Waals surface area contributed by atoms with E-state index in [4.69, 9.17) is 11.6 Å². The number of carbonyl (C=O) groups excluding carboxylic acids is 1. The Balaban J connectivity index is 1.99. The third-order valence-corrected chi connectivity index (χ3v) is 4.16. The Morgan fingerprint density at radius 2 is 1.75 bits per heavy atom. The quantitative estimate of drug-likeness (QED) is 0.729. The molecule has 0 fully saturated rings. The molecule has 0 aliphatic heterocycles. The molecule has 2 aromatic carbocycles. The molecule has 0 heterocycles. The maximum atomic E-state index is 12.2. The van der Waals surface area contributed by atoms with Crippen LogP contribution in [-0.4, -0.2) is 17.7 Å². The van der Waals surface area contributed by atoms with Crippen molar-refractivity contribution in [2.45, 2.75) is 32.8 Å². The lowest BCUT2D eigenvalue weighted by molar-refractivity contribution is 0.175. The van der Waals surface area contributed by atoms with Crippen LogP contribution >= 0.6 is 11.6 Å². The summed E-state index contributed by atoms with van der Waals surface area (Å²) in [6, 6.07) is 12.7. The molecule has 0 aromatic heterocycles. The van der Waals surface area contributed by atoms with Gasteiger partial charge in [0.2, 0.25) is 0 Å². The maximum absolute atomic E-state index is 12.2. The van der Waals surface area contributed by atoms with E-state index in [0.717, 1.165) is 29.7 Å². The lowest BCUT2D eigenvalue weighted by Gasteiger charge is -2.16. The number of nitrogens with one attached hydrogen (secondary N) is 2. The van der Waals surface area contributed by atoms with Gasteiger partial charge in [0.25, 0.3) is 0 Å².